The zero-order valence-corrected chi connectivity index (χ0v) is 13.8. The van der Waals surface area contributed by atoms with Crippen LogP contribution in [-0.2, 0) is 0 Å². The molecule has 1 aromatic carbocycles. The second-order valence-electron chi connectivity index (χ2n) is 6.13. The van der Waals surface area contributed by atoms with Gasteiger partial charge in [0, 0.05) is 19.2 Å². The van der Waals surface area contributed by atoms with Gasteiger partial charge in [0.15, 0.2) is 11.5 Å². The van der Waals surface area contributed by atoms with E-state index in [1.807, 2.05) is 11.9 Å². The number of rotatable bonds is 6. The standard InChI is InChI=1S/C17H16F3N3O3/c1-23(9-10-2-3-10)15-14(22-13(8-21-15)16(24)25)11-4-6-12(7-5-11)26-17(18,19)20/h4-8,10H,2-3,9H2,1H3,(H,24,25). The number of nitrogens with zero attached hydrogens (tertiary/aromatic N) is 3. The number of benzene rings is 1. The van der Waals surface area contributed by atoms with Crippen LogP contribution < -0.4 is 9.64 Å². The molecule has 1 N–H and O–H groups in total. The number of carboxylic acid groups (broad SMARTS) is 1. The number of carboxylic acids is 1. The molecule has 1 aliphatic carbocycles. The first-order chi connectivity index (χ1) is 12.2. The average molecular weight is 367 g/mol. The molecule has 0 bridgehead atoms. The Bertz CT molecular complexity index is 805. The van der Waals surface area contributed by atoms with E-state index in [4.69, 9.17) is 5.11 Å². The summed E-state index contributed by atoms with van der Waals surface area (Å²) in [5, 5.41) is 9.15. The zero-order chi connectivity index (χ0) is 18.9. The lowest BCUT2D eigenvalue weighted by atomic mass is 10.1. The highest BCUT2D eigenvalue weighted by Gasteiger charge is 2.31. The molecule has 0 aliphatic heterocycles. The monoisotopic (exact) mass is 367 g/mol. The Labute approximate surface area is 147 Å². The molecule has 0 amide bonds. The van der Waals surface area contributed by atoms with Crippen molar-refractivity contribution in [2.24, 2.45) is 5.92 Å². The normalized spacial score (nSPS) is 14.2. The Morgan fingerprint density at radius 3 is 2.50 bits per heavy atom. The third kappa shape index (κ3) is 4.41. The Hall–Kier alpha value is -2.84. The van der Waals surface area contributed by atoms with Gasteiger partial charge < -0.3 is 14.7 Å². The van der Waals surface area contributed by atoms with Crippen molar-refractivity contribution < 1.29 is 27.8 Å². The molecule has 1 saturated carbocycles. The van der Waals surface area contributed by atoms with Crippen LogP contribution in [0.3, 0.4) is 0 Å². The molecule has 9 heteroatoms. The molecule has 1 aromatic heterocycles. The number of halogens is 3. The minimum absolute atomic E-state index is 0.237. The first-order valence-corrected chi connectivity index (χ1v) is 7.90. The van der Waals surface area contributed by atoms with Gasteiger partial charge in [-0.05, 0) is 43.0 Å². The number of aromatic carboxylic acids is 1. The molecule has 2 aromatic rings. The summed E-state index contributed by atoms with van der Waals surface area (Å²) in [7, 11) is 1.83. The molecular weight excluding hydrogens is 351 g/mol. The van der Waals surface area contributed by atoms with Crippen LogP contribution in [0.15, 0.2) is 30.5 Å². The lowest BCUT2D eigenvalue weighted by molar-refractivity contribution is -0.274. The van der Waals surface area contributed by atoms with Gasteiger partial charge in [-0.3, -0.25) is 0 Å². The van der Waals surface area contributed by atoms with Crippen molar-refractivity contribution in [3.8, 4) is 17.0 Å². The van der Waals surface area contributed by atoms with Gasteiger partial charge in [-0.1, -0.05) is 0 Å². The van der Waals surface area contributed by atoms with Crippen LogP contribution in [-0.4, -0.2) is 41.0 Å². The summed E-state index contributed by atoms with van der Waals surface area (Å²) in [5.41, 5.74) is 0.513. The molecular formula is C17H16F3N3O3. The number of hydrogen-bond acceptors (Lipinski definition) is 5. The number of hydrogen-bond donors (Lipinski definition) is 1. The van der Waals surface area contributed by atoms with Gasteiger partial charge in [0.2, 0.25) is 0 Å². The van der Waals surface area contributed by atoms with E-state index in [0.29, 0.717) is 23.0 Å². The first-order valence-electron chi connectivity index (χ1n) is 7.90. The van der Waals surface area contributed by atoms with E-state index in [1.54, 1.807) is 0 Å². The highest BCUT2D eigenvalue weighted by molar-refractivity contribution is 5.87. The van der Waals surface area contributed by atoms with Crippen LogP contribution in [0.1, 0.15) is 23.3 Å². The third-order valence-electron chi connectivity index (χ3n) is 3.92. The van der Waals surface area contributed by atoms with Gasteiger partial charge in [-0.15, -0.1) is 13.2 Å². The minimum atomic E-state index is -4.78. The number of ether oxygens (including phenoxy) is 1. The molecule has 138 valence electrons. The fraction of sp³-hybridized carbons (Fsp3) is 0.353. The molecule has 0 unspecified atom stereocenters. The molecule has 1 aliphatic rings. The van der Waals surface area contributed by atoms with Crippen LogP contribution in [0.25, 0.3) is 11.3 Å². The van der Waals surface area contributed by atoms with Crippen LogP contribution in [0, 0.1) is 5.92 Å². The Morgan fingerprint density at radius 2 is 1.96 bits per heavy atom. The summed E-state index contributed by atoms with van der Waals surface area (Å²) in [5.74, 6) is -0.550. The fourth-order valence-electron chi connectivity index (χ4n) is 2.55. The number of anilines is 1. The van der Waals surface area contributed by atoms with Gasteiger partial charge in [0.05, 0.1) is 6.20 Å². The molecule has 0 atom stereocenters. The molecule has 0 spiro atoms. The Balaban J connectivity index is 1.95. The van der Waals surface area contributed by atoms with Gasteiger partial charge in [0.25, 0.3) is 0 Å². The quantitative estimate of drug-likeness (QED) is 0.841. The summed E-state index contributed by atoms with van der Waals surface area (Å²) < 4.78 is 40.7. The SMILES string of the molecule is CN(CC1CC1)c1ncc(C(=O)O)nc1-c1ccc(OC(F)(F)F)cc1. The van der Waals surface area contributed by atoms with Gasteiger partial charge in [0.1, 0.15) is 11.4 Å². The maximum Gasteiger partial charge on any atom is 0.573 e. The maximum absolute atomic E-state index is 12.3. The van der Waals surface area contributed by atoms with E-state index in [0.717, 1.165) is 31.5 Å². The topological polar surface area (TPSA) is 75.6 Å². The van der Waals surface area contributed by atoms with Crippen LogP contribution in [0.4, 0.5) is 19.0 Å². The van der Waals surface area contributed by atoms with E-state index < -0.39 is 12.3 Å². The van der Waals surface area contributed by atoms with E-state index in [9.17, 15) is 18.0 Å². The predicted molar refractivity (Wildman–Crippen MR) is 87.1 cm³/mol. The fourth-order valence-corrected chi connectivity index (χ4v) is 2.55. The van der Waals surface area contributed by atoms with E-state index in [-0.39, 0.29) is 11.4 Å². The zero-order valence-electron chi connectivity index (χ0n) is 13.8. The first kappa shape index (κ1) is 18.0. The highest BCUT2D eigenvalue weighted by atomic mass is 19.4. The number of alkyl halides is 3. The maximum atomic E-state index is 12.3. The molecule has 0 radical (unpaired) electrons. The average Bonchev–Trinajstić information content (AvgIpc) is 3.37. The van der Waals surface area contributed by atoms with Crippen LogP contribution >= 0.6 is 0 Å². The lowest BCUT2D eigenvalue weighted by Crippen LogP contribution is -2.23. The molecule has 26 heavy (non-hydrogen) atoms. The summed E-state index contributed by atoms with van der Waals surface area (Å²) in [4.78, 5) is 21.4. The van der Waals surface area contributed by atoms with Gasteiger partial charge >= 0.3 is 12.3 Å². The van der Waals surface area contributed by atoms with Crippen molar-refractivity contribution in [1.29, 1.82) is 0 Å². The van der Waals surface area contributed by atoms with Gasteiger partial charge in [-0.25, -0.2) is 14.8 Å². The Kier molecular flexibility index (Phi) is 4.71. The molecule has 0 saturated heterocycles. The molecule has 1 fully saturated rings. The van der Waals surface area contributed by atoms with Crippen molar-refractivity contribution in [1.82, 2.24) is 9.97 Å². The smallest absolute Gasteiger partial charge is 0.476 e. The predicted octanol–water partition coefficient (Wildman–Crippen LogP) is 3.59. The number of carbonyl (C=O) groups is 1. The second-order valence-corrected chi connectivity index (χ2v) is 6.13. The van der Waals surface area contributed by atoms with Crippen molar-refractivity contribution in [3.63, 3.8) is 0 Å². The Morgan fingerprint density at radius 1 is 1.31 bits per heavy atom. The molecule has 6 nitrogen and oxygen atoms in total. The number of aromatic nitrogens is 2. The molecule has 3 rings (SSSR count). The lowest BCUT2D eigenvalue weighted by Gasteiger charge is -2.21. The van der Waals surface area contributed by atoms with Crippen molar-refractivity contribution >= 4 is 11.8 Å². The minimum Gasteiger partial charge on any atom is -0.476 e. The van der Waals surface area contributed by atoms with Crippen molar-refractivity contribution in [3.05, 3.63) is 36.2 Å². The van der Waals surface area contributed by atoms with Crippen molar-refractivity contribution in [2.45, 2.75) is 19.2 Å². The van der Waals surface area contributed by atoms with E-state index in [2.05, 4.69) is 14.7 Å². The summed E-state index contributed by atoms with van der Waals surface area (Å²) >= 11 is 0. The van der Waals surface area contributed by atoms with E-state index in [1.165, 1.54) is 18.3 Å². The van der Waals surface area contributed by atoms with Gasteiger partial charge in [-0.2, -0.15) is 0 Å². The summed E-state index contributed by atoms with van der Waals surface area (Å²) in [6.45, 7) is 0.753. The van der Waals surface area contributed by atoms with Crippen LogP contribution in [0.2, 0.25) is 0 Å². The largest absolute Gasteiger partial charge is 0.573 e. The highest BCUT2D eigenvalue weighted by Crippen LogP contribution is 2.34. The molecule has 1 heterocycles. The van der Waals surface area contributed by atoms with Crippen LogP contribution in [0.5, 0.6) is 5.75 Å². The third-order valence-corrected chi connectivity index (χ3v) is 3.92. The second kappa shape index (κ2) is 6.81. The van der Waals surface area contributed by atoms with Crippen molar-refractivity contribution in [2.75, 3.05) is 18.5 Å². The summed E-state index contributed by atoms with van der Waals surface area (Å²) in [6.07, 6.45) is -1.35. The van der Waals surface area contributed by atoms with E-state index >= 15 is 0 Å². The summed E-state index contributed by atoms with van der Waals surface area (Å²) in [6, 6.07) is 5.10.